The Morgan fingerprint density at radius 3 is 2.29 bits per heavy atom. The van der Waals surface area contributed by atoms with Crippen molar-refractivity contribution in [1.82, 2.24) is 0 Å². The Balaban J connectivity index is 1.88. The van der Waals surface area contributed by atoms with Gasteiger partial charge in [0.2, 0.25) is 5.91 Å². The predicted molar refractivity (Wildman–Crippen MR) is 96.9 cm³/mol. The van der Waals surface area contributed by atoms with Gasteiger partial charge in [0, 0.05) is 13.0 Å². The Morgan fingerprint density at radius 1 is 1.00 bits per heavy atom. The topological polar surface area (TPSA) is 59.6 Å². The van der Waals surface area contributed by atoms with Crippen molar-refractivity contribution in [2.24, 2.45) is 0 Å². The molecule has 5 nitrogen and oxygen atoms in total. The maximum absolute atomic E-state index is 12.2. The highest BCUT2D eigenvalue weighted by Crippen LogP contribution is 2.25. The molecule has 0 heterocycles. The maximum Gasteiger partial charge on any atom is 0.226 e. The van der Waals surface area contributed by atoms with Gasteiger partial charge in [-0.1, -0.05) is 24.3 Å². The summed E-state index contributed by atoms with van der Waals surface area (Å²) in [5.74, 6) is 1.37. The Kier molecular flexibility index (Phi) is 6.49. The van der Waals surface area contributed by atoms with Gasteiger partial charge in [0.1, 0.15) is 11.5 Å². The Hall–Kier alpha value is -2.69. The SMILES string of the molecule is COc1ccccc1NCCC(=O)Nc1ccccc1OC(C)C. The van der Waals surface area contributed by atoms with E-state index in [9.17, 15) is 4.79 Å². The van der Waals surface area contributed by atoms with Crippen LogP contribution in [0.15, 0.2) is 48.5 Å². The second-order valence-corrected chi connectivity index (χ2v) is 5.59. The molecule has 0 aliphatic heterocycles. The number of ether oxygens (including phenoxy) is 2. The van der Waals surface area contributed by atoms with E-state index < -0.39 is 0 Å². The molecule has 0 atom stereocenters. The molecular formula is C19H24N2O3. The molecule has 0 aliphatic rings. The minimum Gasteiger partial charge on any atom is -0.495 e. The van der Waals surface area contributed by atoms with Gasteiger partial charge in [0.15, 0.2) is 0 Å². The molecule has 0 aromatic heterocycles. The molecular weight excluding hydrogens is 304 g/mol. The first-order valence-corrected chi connectivity index (χ1v) is 8.02. The number of anilines is 2. The molecule has 0 spiro atoms. The van der Waals surface area contributed by atoms with Crippen LogP contribution >= 0.6 is 0 Å². The van der Waals surface area contributed by atoms with Crippen LogP contribution < -0.4 is 20.1 Å². The van der Waals surface area contributed by atoms with Crippen LogP contribution in [0.4, 0.5) is 11.4 Å². The van der Waals surface area contributed by atoms with Gasteiger partial charge in [-0.2, -0.15) is 0 Å². The summed E-state index contributed by atoms with van der Waals surface area (Å²) in [5, 5.41) is 6.11. The van der Waals surface area contributed by atoms with Gasteiger partial charge in [-0.15, -0.1) is 0 Å². The minimum atomic E-state index is -0.0720. The summed E-state index contributed by atoms with van der Waals surface area (Å²) in [6, 6.07) is 15.1. The van der Waals surface area contributed by atoms with Gasteiger partial charge >= 0.3 is 0 Å². The predicted octanol–water partition coefficient (Wildman–Crippen LogP) is 3.92. The first-order chi connectivity index (χ1) is 11.6. The van der Waals surface area contributed by atoms with Crippen molar-refractivity contribution in [3.05, 3.63) is 48.5 Å². The summed E-state index contributed by atoms with van der Waals surface area (Å²) in [4.78, 5) is 12.2. The van der Waals surface area contributed by atoms with Gasteiger partial charge in [-0.25, -0.2) is 0 Å². The highest BCUT2D eigenvalue weighted by atomic mass is 16.5. The number of hydrogen-bond acceptors (Lipinski definition) is 4. The average Bonchev–Trinajstić information content (AvgIpc) is 2.56. The summed E-state index contributed by atoms with van der Waals surface area (Å²) < 4.78 is 11.0. The minimum absolute atomic E-state index is 0.0512. The number of nitrogens with one attached hydrogen (secondary N) is 2. The third kappa shape index (κ3) is 5.19. The number of carbonyl (C=O) groups excluding carboxylic acids is 1. The first-order valence-electron chi connectivity index (χ1n) is 8.02. The molecule has 0 bridgehead atoms. The van der Waals surface area contributed by atoms with E-state index in [0.29, 0.717) is 24.4 Å². The van der Waals surface area contributed by atoms with E-state index in [0.717, 1.165) is 11.4 Å². The third-order valence-corrected chi connectivity index (χ3v) is 3.30. The van der Waals surface area contributed by atoms with E-state index in [1.165, 1.54) is 0 Å². The average molecular weight is 328 g/mol. The highest BCUT2D eigenvalue weighted by Gasteiger charge is 2.09. The van der Waals surface area contributed by atoms with Gasteiger partial charge in [-0.3, -0.25) is 4.79 Å². The molecule has 2 aromatic carbocycles. The Morgan fingerprint density at radius 2 is 1.62 bits per heavy atom. The van der Waals surface area contributed by atoms with Crippen molar-refractivity contribution in [2.75, 3.05) is 24.3 Å². The molecule has 2 aromatic rings. The molecule has 0 fully saturated rings. The van der Waals surface area contributed by atoms with Crippen molar-refractivity contribution in [3.63, 3.8) is 0 Å². The number of methoxy groups -OCH3 is 1. The molecule has 24 heavy (non-hydrogen) atoms. The fourth-order valence-corrected chi connectivity index (χ4v) is 2.24. The number of benzene rings is 2. The van der Waals surface area contributed by atoms with E-state index in [2.05, 4.69) is 10.6 Å². The van der Waals surface area contributed by atoms with Gasteiger partial charge in [0.05, 0.1) is 24.6 Å². The summed E-state index contributed by atoms with van der Waals surface area (Å²) in [7, 11) is 1.62. The van der Waals surface area contributed by atoms with Crippen LogP contribution in [0.5, 0.6) is 11.5 Å². The fraction of sp³-hybridized carbons (Fsp3) is 0.316. The zero-order valence-corrected chi connectivity index (χ0v) is 14.3. The summed E-state index contributed by atoms with van der Waals surface area (Å²) >= 11 is 0. The number of amides is 1. The van der Waals surface area contributed by atoms with Crippen molar-refractivity contribution in [3.8, 4) is 11.5 Å². The lowest BCUT2D eigenvalue weighted by Crippen LogP contribution is -2.17. The monoisotopic (exact) mass is 328 g/mol. The number of hydrogen-bond donors (Lipinski definition) is 2. The summed E-state index contributed by atoms with van der Waals surface area (Å²) in [6.45, 7) is 4.42. The number of para-hydroxylation sites is 4. The van der Waals surface area contributed by atoms with Gasteiger partial charge in [0.25, 0.3) is 0 Å². The van der Waals surface area contributed by atoms with Crippen LogP contribution in [0.3, 0.4) is 0 Å². The molecule has 0 radical (unpaired) electrons. The lowest BCUT2D eigenvalue weighted by atomic mass is 10.2. The van der Waals surface area contributed by atoms with Crippen LogP contribution in [0, 0.1) is 0 Å². The first kappa shape index (κ1) is 17.7. The summed E-state index contributed by atoms with van der Waals surface area (Å²) in [5.41, 5.74) is 1.56. The molecule has 2 rings (SSSR count). The molecule has 0 aliphatic carbocycles. The smallest absolute Gasteiger partial charge is 0.226 e. The quantitative estimate of drug-likeness (QED) is 0.771. The lowest BCUT2D eigenvalue weighted by molar-refractivity contribution is -0.116. The largest absolute Gasteiger partial charge is 0.495 e. The normalized spacial score (nSPS) is 10.3. The van der Waals surface area contributed by atoms with Crippen molar-refractivity contribution < 1.29 is 14.3 Å². The number of carbonyl (C=O) groups is 1. The van der Waals surface area contributed by atoms with Crippen molar-refractivity contribution in [1.29, 1.82) is 0 Å². The van der Waals surface area contributed by atoms with E-state index in [-0.39, 0.29) is 12.0 Å². The zero-order chi connectivity index (χ0) is 17.4. The molecule has 128 valence electrons. The van der Waals surface area contributed by atoms with E-state index in [4.69, 9.17) is 9.47 Å². The van der Waals surface area contributed by atoms with Crippen molar-refractivity contribution in [2.45, 2.75) is 26.4 Å². The molecule has 0 unspecified atom stereocenters. The highest BCUT2D eigenvalue weighted by molar-refractivity contribution is 5.92. The second-order valence-electron chi connectivity index (χ2n) is 5.59. The zero-order valence-electron chi connectivity index (χ0n) is 14.3. The molecule has 1 amide bonds. The van der Waals surface area contributed by atoms with Crippen LogP contribution in [-0.2, 0) is 4.79 Å². The standard InChI is InChI=1S/C19H24N2O3/c1-14(2)24-18-11-7-5-9-16(18)21-19(22)12-13-20-15-8-4-6-10-17(15)23-3/h4-11,14,20H,12-13H2,1-3H3,(H,21,22). The van der Waals surface area contributed by atoms with E-state index in [1.807, 2.05) is 62.4 Å². The Labute approximate surface area is 143 Å². The molecule has 0 saturated carbocycles. The number of rotatable bonds is 8. The summed E-state index contributed by atoms with van der Waals surface area (Å²) in [6.07, 6.45) is 0.393. The third-order valence-electron chi connectivity index (χ3n) is 3.30. The van der Waals surface area contributed by atoms with Crippen molar-refractivity contribution >= 4 is 17.3 Å². The van der Waals surface area contributed by atoms with Crippen LogP contribution in [-0.4, -0.2) is 25.7 Å². The van der Waals surface area contributed by atoms with E-state index >= 15 is 0 Å². The molecule has 2 N–H and O–H groups in total. The van der Waals surface area contributed by atoms with Gasteiger partial charge in [-0.05, 0) is 38.1 Å². The Bertz CT molecular complexity index is 671. The fourth-order valence-electron chi connectivity index (χ4n) is 2.24. The lowest BCUT2D eigenvalue weighted by Gasteiger charge is -2.15. The molecule has 0 saturated heterocycles. The van der Waals surface area contributed by atoms with Crippen LogP contribution in [0.2, 0.25) is 0 Å². The maximum atomic E-state index is 12.2. The van der Waals surface area contributed by atoms with Gasteiger partial charge < -0.3 is 20.1 Å². The van der Waals surface area contributed by atoms with Crippen LogP contribution in [0.25, 0.3) is 0 Å². The molecule has 5 heteroatoms. The second kappa shape index (κ2) is 8.82. The van der Waals surface area contributed by atoms with E-state index in [1.54, 1.807) is 7.11 Å². The van der Waals surface area contributed by atoms with Crippen LogP contribution in [0.1, 0.15) is 20.3 Å².